The molecule has 5 heteroatoms. The minimum Gasteiger partial charge on any atom is -0.497 e. The maximum absolute atomic E-state index is 12.2. The van der Waals surface area contributed by atoms with Gasteiger partial charge >= 0.3 is 0 Å². The fraction of sp³-hybridized carbons (Fsp3) is 0.200. The van der Waals surface area contributed by atoms with Gasteiger partial charge in [-0.05, 0) is 54.6 Å². The number of carbonyl (C=O) groups is 1. The number of aromatic amines is 1. The molecule has 0 saturated heterocycles. The Labute approximate surface area is 145 Å². The highest BCUT2D eigenvalue weighted by molar-refractivity contribution is 5.94. The molecule has 0 bridgehead atoms. The average molecular weight is 336 g/mol. The molecule has 0 aliphatic heterocycles. The van der Waals surface area contributed by atoms with E-state index in [1.807, 2.05) is 31.2 Å². The zero-order chi connectivity index (χ0) is 17.8. The standard InChI is InChI=1S/C20H20N2O3/c1-13-4-3-5-15-12-16(20(24)22-18(13)15)10-11-21-19(23)14-6-8-17(25-2)9-7-14/h3-9,12H,10-11H2,1-2H3,(H,21,23)(H,22,24). The van der Waals surface area contributed by atoms with Crippen LogP contribution < -0.4 is 15.6 Å². The van der Waals surface area contributed by atoms with Crippen molar-refractivity contribution in [3.05, 3.63) is 75.6 Å². The number of H-pyrrole nitrogens is 1. The van der Waals surface area contributed by atoms with E-state index in [1.165, 1.54) is 0 Å². The highest BCUT2D eigenvalue weighted by Gasteiger charge is 2.07. The van der Waals surface area contributed by atoms with Crippen LogP contribution in [0.1, 0.15) is 21.5 Å². The van der Waals surface area contributed by atoms with E-state index in [-0.39, 0.29) is 11.5 Å². The van der Waals surface area contributed by atoms with Crippen LogP contribution in [0, 0.1) is 6.92 Å². The van der Waals surface area contributed by atoms with Gasteiger partial charge in [-0.15, -0.1) is 0 Å². The Kier molecular flexibility index (Phi) is 4.84. The van der Waals surface area contributed by atoms with Gasteiger partial charge in [-0.2, -0.15) is 0 Å². The number of rotatable bonds is 5. The van der Waals surface area contributed by atoms with E-state index in [0.717, 1.165) is 16.5 Å². The summed E-state index contributed by atoms with van der Waals surface area (Å²) < 4.78 is 5.07. The third kappa shape index (κ3) is 3.71. The fourth-order valence-corrected chi connectivity index (χ4v) is 2.77. The van der Waals surface area contributed by atoms with E-state index in [0.29, 0.717) is 29.8 Å². The van der Waals surface area contributed by atoms with E-state index in [4.69, 9.17) is 4.74 Å². The van der Waals surface area contributed by atoms with E-state index in [2.05, 4.69) is 10.3 Å². The fourth-order valence-electron chi connectivity index (χ4n) is 2.77. The molecule has 0 radical (unpaired) electrons. The van der Waals surface area contributed by atoms with Crippen LogP contribution >= 0.6 is 0 Å². The normalized spacial score (nSPS) is 10.6. The van der Waals surface area contributed by atoms with E-state index in [1.54, 1.807) is 31.4 Å². The van der Waals surface area contributed by atoms with E-state index < -0.39 is 0 Å². The molecule has 1 heterocycles. The second kappa shape index (κ2) is 7.21. The minimum absolute atomic E-state index is 0.111. The molecule has 1 aromatic heterocycles. The number of ether oxygens (including phenoxy) is 1. The lowest BCUT2D eigenvalue weighted by molar-refractivity contribution is 0.0954. The predicted molar refractivity (Wildman–Crippen MR) is 98.3 cm³/mol. The highest BCUT2D eigenvalue weighted by atomic mass is 16.5. The topological polar surface area (TPSA) is 71.2 Å². The largest absolute Gasteiger partial charge is 0.497 e. The summed E-state index contributed by atoms with van der Waals surface area (Å²) in [6, 6.07) is 14.7. The monoisotopic (exact) mass is 336 g/mol. The zero-order valence-electron chi connectivity index (χ0n) is 14.3. The molecule has 0 unspecified atom stereocenters. The number of aryl methyl sites for hydroxylation is 1. The lowest BCUT2D eigenvalue weighted by Gasteiger charge is -2.07. The van der Waals surface area contributed by atoms with Crippen molar-refractivity contribution >= 4 is 16.8 Å². The molecule has 3 aromatic rings. The van der Waals surface area contributed by atoms with Crippen molar-refractivity contribution in [2.24, 2.45) is 0 Å². The van der Waals surface area contributed by atoms with Gasteiger partial charge in [0.05, 0.1) is 12.6 Å². The summed E-state index contributed by atoms with van der Waals surface area (Å²) in [5.41, 5.74) is 3.00. The van der Waals surface area contributed by atoms with Crippen molar-refractivity contribution in [2.45, 2.75) is 13.3 Å². The summed E-state index contributed by atoms with van der Waals surface area (Å²) in [6.45, 7) is 2.36. The maximum Gasteiger partial charge on any atom is 0.251 e. The van der Waals surface area contributed by atoms with Crippen molar-refractivity contribution in [1.82, 2.24) is 10.3 Å². The Hall–Kier alpha value is -3.08. The first-order valence-corrected chi connectivity index (χ1v) is 8.12. The SMILES string of the molecule is COc1ccc(C(=O)NCCc2cc3cccc(C)c3[nH]c2=O)cc1. The Morgan fingerprint density at radius 3 is 2.64 bits per heavy atom. The van der Waals surface area contributed by atoms with Crippen molar-refractivity contribution in [1.29, 1.82) is 0 Å². The number of benzene rings is 2. The van der Waals surface area contributed by atoms with E-state index in [9.17, 15) is 9.59 Å². The van der Waals surface area contributed by atoms with Crippen LogP contribution in [0.25, 0.3) is 10.9 Å². The van der Waals surface area contributed by atoms with Gasteiger partial charge in [0.15, 0.2) is 0 Å². The maximum atomic E-state index is 12.2. The van der Waals surface area contributed by atoms with Gasteiger partial charge in [0.2, 0.25) is 0 Å². The first-order chi connectivity index (χ1) is 12.1. The number of hydrogen-bond donors (Lipinski definition) is 2. The molecule has 5 nitrogen and oxygen atoms in total. The second-order valence-electron chi connectivity index (χ2n) is 5.90. The van der Waals surface area contributed by atoms with Crippen LogP contribution in [0.5, 0.6) is 5.75 Å². The third-order valence-electron chi connectivity index (χ3n) is 4.20. The summed E-state index contributed by atoms with van der Waals surface area (Å²) in [5.74, 6) is 0.533. The Balaban J connectivity index is 1.67. The van der Waals surface area contributed by atoms with Crippen LogP contribution in [0.4, 0.5) is 0 Å². The Morgan fingerprint density at radius 2 is 1.92 bits per heavy atom. The van der Waals surface area contributed by atoms with Gasteiger partial charge in [-0.25, -0.2) is 0 Å². The zero-order valence-corrected chi connectivity index (χ0v) is 14.3. The number of fused-ring (bicyclic) bond motifs is 1. The van der Waals surface area contributed by atoms with E-state index >= 15 is 0 Å². The number of pyridine rings is 1. The number of para-hydroxylation sites is 1. The van der Waals surface area contributed by atoms with Gasteiger partial charge in [-0.1, -0.05) is 18.2 Å². The van der Waals surface area contributed by atoms with Crippen molar-refractivity contribution < 1.29 is 9.53 Å². The van der Waals surface area contributed by atoms with Crippen molar-refractivity contribution in [3.63, 3.8) is 0 Å². The summed E-state index contributed by atoms with van der Waals surface area (Å²) in [5, 5.41) is 3.84. The number of hydrogen-bond acceptors (Lipinski definition) is 3. The second-order valence-corrected chi connectivity index (χ2v) is 5.90. The van der Waals surface area contributed by atoms with Crippen molar-refractivity contribution in [2.75, 3.05) is 13.7 Å². The smallest absolute Gasteiger partial charge is 0.251 e. The van der Waals surface area contributed by atoms with Gasteiger partial charge in [0.25, 0.3) is 11.5 Å². The summed E-state index contributed by atoms with van der Waals surface area (Å²) in [4.78, 5) is 27.3. The Morgan fingerprint density at radius 1 is 1.16 bits per heavy atom. The highest BCUT2D eigenvalue weighted by Crippen LogP contribution is 2.15. The number of nitrogens with one attached hydrogen (secondary N) is 2. The van der Waals surface area contributed by atoms with Crippen LogP contribution in [0.15, 0.2) is 53.3 Å². The molecule has 1 amide bonds. The lowest BCUT2D eigenvalue weighted by atomic mass is 10.1. The van der Waals surface area contributed by atoms with Crippen LogP contribution in [-0.2, 0) is 6.42 Å². The molecule has 128 valence electrons. The third-order valence-corrected chi connectivity index (χ3v) is 4.20. The van der Waals surface area contributed by atoms with Crippen LogP contribution in [0.3, 0.4) is 0 Å². The molecule has 0 fully saturated rings. The molecule has 0 aliphatic carbocycles. The number of amides is 1. The van der Waals surface area contributed by atoms with Crippen molar-refractivity contribution in [3.8, 4) is 5.75 Å². The molecule has 3 rings (SSSR count). The Bertz CT molecular complexity index is 959. The van der Waals surface area contributed by atoms with Gasteiger partial charge in [-0.3, -0.25) is 9.59 Å². The lowest BCUT2D eigenvalue weighted by Crippen LogP contribution is -2.27. The number of methoxy groups -OCH3 is 1. The molecule has 0 spiro atoms. The first kappa shape index (κ1) is 16.8. The molecular formula is C20H20N2O3. The van der Waals surface area contributed by atoms with Gasteiger partial charge < -0.3 is 15.0 Å². The molecule has 2 aromatic carbocycles. The average Bonchev–Trinajstić information content (AvgIpc) is 2.63. The molecule has 25 heavy (non-hydrogen) atoms. The molecule has 0 saturated carbocycles. The molecule has 2 N–H and O–H groups in total. The minimum atomic E-state index is -0.171. The predicted octanol–water partition coefficient (Wildman–Crippen LogP) is 2.82. The van der Waals surface area contributed by atoms with Gasteiger partial charge in [0, 0.05) is 17.7 Å². The quantitative estimate of drug-likeness (QED) is 0.752. The van der Waals surface area contributed by atoms with Gasteiger partial charge in [0.1, 0.15) is 5.75 Å². The number of aromatic nitrogens is 1. The summed E-state index contributed by atoms with van der Waals surface area (Å²) in [6.07, 6.45) is 0.473. The number of carbonyl (C=O) groups excluding carboxylic acids is 1. The first-order valence-electron chi connectivity index (χ1n) is 8.12. The molecule has 0 aliphatic rings. The summed E-state index contributed by atoms with van der Waals surface area (Å²) >= 11 is 0. The van der Waals surface area contributed by atoms with Crippen LogP contribution in [-0.4, -0.2) is 24.5 Å². The van der Waals surface area contributed by atoms with Crippen LogP contribution in [0.2, 0.25) is 0 Å². The molecular weight excluding hydrogens is 316 g/mol. The summed E-state index contributed by atoms with van der Waals surface area (Å²) in [7, 11) is 1.58. The molecule has 0 atom stereocenters.